The van der Waals surface area contributed by atoms with E-state index in [1.54, 1.807) is 0 Å². The number of para-hydroxylation sites is 1. The summed E-state index contributed by atoms with van der Waals surface area (Å²) in [5.41, 5.74) is 3.08. The van der Waals surface area contributed by atoms with Crippen molar-refractivity contribution in [3.8, 4) is 22.9 Å². The fourth-order valence-corrected chi connectivity index (χ4v) is 2.84. The predicted molar refractivity (Wildman–Crippen MR) is 98.6 cm³/mol. The van der Waals surface area contributed by atoms with Crippen molar-refractivity contribution in [3.63, 3.8) is 0 Å². The lowest BCUT2D eigenvalue weighted by molar-refractivity contribution is 0.172. The van der Waals surface area contributed by atoms with E-state index in [0.29, 0.717) is 37.4 Å². The maximum Gasteiger partial charge on any atom is 0.246 e. The molecule has 0 fully saturated rings. The van der Waals surface area contributed by atoms with E-state index in [9.17, 15) is 0 Å². The summed E-state index contributed by atoms with van der Waals surface area (Å²) in [6.07, 6.45) is 0. The zero-order valence-electron chi connectivity index (χ0n) is 14.9. The van der Waals surface area contributed by atoms with Gasteiger partial charge in [0.15, 0.2) is 11.5 Å². The fourth-order valence-electron chi connectivity index (χ4n) is 2.84. The molecule has 0 spiro atoms. The van der Waals surface area contributed by atoms with Crippen LogP contribution < -0.4 is 14.8 Å². The summed E-state index contributed by atoms with van der Waals surface area (Å²) in [5.74, 6) is 3.08. The van der Waals surface area contributed by atoms with Crippen LogP contribution in [0.5, 0.6) is 11.5 Å². The number of fused-ring (bicyclic) bond motifs is 1. The SMILES string of the molecule is CC(C)c1ccc(-c2noc(CNc3cccc4c3OCCO4)n2)cc1. The van der Waals surface area contributed by atoms with E-state index in [0.717, 1.165) is 22.7 Å². The zero-order valence-corrected chi connectivity index (χ0v) is 14.9. The third-order valence-corrected chi connectivity index (χ3v) is 4.30. The highest BCUT2D eigenvalue weighted by Crippen LogP contribution is 2.37. The Morgan fingerprint density at radius 1 is 1.04 bits per heavy atom. The van der Waals surface area contributed by atoms with E-state index in [2.05, 4.69) is 41.4 Å². The van der Waals surface area contributed by atoms with Gasteiger partial charge in [-0.25, -0.2) is 0 Å². The molecule has 0 unspecified atom stereocenters. The van der Waals surface area contributed by atoms with Crippen LogP contribution in [0.15, 0.2) is 47.0 Å². The van der Waals surface area contributed by atoms with Gasteiger partial charge in [0, 0.05) is 5.56 Å². The molecular formula is C20H21N3O3. The first kappa shape index (κ1) is 16.4. The average Bonchev–Trinajstić information content (AvgIpc) is 3.15. The molecule has 0 saturated carbocycles. The second kappa shape index (κ2) is 7.07. The number of aromatic nitrogens is 2. The van der Waals surface area contributed by atoms with E-state index < -0.39 is 0 Å². The Kier molecular flexibility index (Phi) is 4.48. The summed E-state index contributed by atoms with van der Waals surface area (Å²) < 4.78 is 16.6. The average molecular weight is 351 g/mol. The first-order chi connectivity index (χ1) is 12.7. The van der Waals surface area contributed by atoms with E-state index >= 15 is 0 Å². The lowest BCUT2D eigenvalue weighted by Gasteiger charge is -2.21. The molecular weight excluding hydrogens is 330 g/mol. The fraction of sp³-hybridized carbons (Fsp3) is 0.300. The molecule has 0 radical (unpaired) electrons. The summed E-state index contributed by atoms with van der Waals surface area (Å²) in [6.45, 7) is 5.87. The van der Waals surface area contributed by atoms with Crippen molar-refractivity contribution in [1.29, 1.82) is 0 Å². The summed E-state index contributed by atoms with van der Waals surface area (Å²) >= 11 is 0. The Bertz CT molecular complexity index is 888. The summed E-state index contributed by atoms with van der Waals surface area (Å²) in [6, 6.07) is 14.0. The van der Waals surface area contributed by atoms with Crippen molar-refractivity contribution in [3.05, 3.63) is 53.9 Å². The summed E-state index contributed by atoms with van der Waals surface area (Å²) in [4.78, 5) is 4.47. The number of rotatable bonds is 5. The second-order valence-corrected chi connectivity index (χ2v) is 6.47. The molecule has 0 saturated heterocycles. The van der Waals surface area contributed by atoms with Crippen molar-refractivity contribution in [2.45, 2.75) is 26.3 Å². The van der Waals surface area contributed by atoms with E-state index in [4.69, 9.17) is 14.0 Å². The van der Waals surface area contributed by atoms with Crippen molar-refractivity contribution in [1.82, 2.24) is 10.1 Å². The highest BCUT2D eigenvalue weighted by Gasteiger charge is 2.16. The van der Waals surface area contributed by atoms with Crippen LogP contribution in [-0.2, 0) is 6.54 Å². The highest BCUT2D eigenvalue weighted by molar-refractivity contribution is 5.63. The van der Waals surface area contributed by atoms with Crippen molar-refractivity contribution in [2.75, 3.05) is 18.5 Å². The van der Waals surface area contributed by atoms with Gasteiger partial charge >= 0.3 is 0 Å². The zero-order chi connectivity index (χ0) is 17.9. The van der Waals surface area contributed by atoms with Crippen LogP contribution in [0.3, 0.4) is 0 Å². The third-order valence-electron chi connectivity index (χ3n) is 4.30. The molecule has 3 aromatic rings. The van der Waals surface area contributed by atoms with Gasteiger partial charge in [0.2, 0.25) is 11.7 Å². The number of nitrogens with zero attached hydrogens (tertiary/aromatic N) is 2. The van der Waals surface area contributed by atoms with Gasteiger partial charge in [-0.3, -0.25) is 0 Å². The van der Waals surface area contributed by atoms with Gasteiger partial charge in [0.25, 0.3) is 0 Å². The van der Waals surface area contributed by atoms with Gasteiger partial charge in [0.05, 0.1) is 12.2 Å². The Morgan fingerprint density at radius 2 is 1.85 bits per heavy atom. The minimum absolute atomic E-state index is 0.414. The van der Waals surface area contributed by atoms with Gasteiger partial charge in [-0.2, -0.15) is 4.98 Å². The molecule has 0 amide bonds. The molecule has 6 heteroatoms. The molecule has 2 heterocycles. The molecule has 0 bridgehead atoms. The molecule has 1 N–H and O–H groups in total. The van der Waals surface area contributed by atoms with E-state index in [1.807, 2.05) is 30.3 Å². The Hall–Kier alpha value is -3.02. The predicted octanol–water partition coefficient (Wildman–Crippen LogP) is 4.24. The van der Waals surface area contributed by atoms with E-state index in [-0.39, 0.29) is 0 Å². The topological polar surface area (TPSA) is 69.4 Å². The van der Waals surface area contributed by atoms with Crippen LogP contribution in [0.4, 0.5) is 5.69 Å². The summed E-state index contributed by atoms with van der Waals surface area (Å²) in [5, 5.41) is 7.36. The molecule has 1 aliphatic rings. The highest BCUT2D eigenvalue weighted by atomic mass is 16.6. The number of nitrogens with one attached hydrogen (secondary N) is 1. The lowest BCUT2D eigenvalue weighted by Crippen LogP contribution is -2.16. The van der Waals surface area contributed by atoms with Crippen LogP contribution in [0, 0.1) is 0 Å². The quantitative estimate of drug-likeness (QED) is 0.741. The van der Waals surface area contributed by atoms with Crippen molar-refractivity contribution >= 4 is 5.69 Å². The van der Waals surface area contributed by atoms with E-state index in [1.165, 1.54) is 5.56 Å². The van der Waals surface area contributed by atoms with Crippen LogP contribution >= 0.6 is 0 Å². The summed E-state index contributed by atoms with van der Waals surface area (Å²) in [7, 11) is 0. The molecule has 1 aliphatic heterocycles. The minimum Gasteiger partial charge on any atom is -0.486 e. The van der Waals surface area contributed by atoms with Crippen molar-refractivity contribution < 1.29 is 14.0 Å². The first-order valence-electron chi connectivity index (χ1n) is 8.76. The molecule has 4 rings (SSSR count). The van der Waals surface area contributed by atoms with Gasteiger partial charge in [0.1, 0.15) is 13.2 Å². The smallest absolute Gasteiger partial charge is 0.246 e. The molecule has 1 aromatic heterocycles. The Labute approximate surface area is 152 Å². The van der Waals surface area contributed by atoms with Crippen LogP contribution in [0.2, 0.25) is 0 Å². The van der Waals surface area contributed by atoms with Crippen LogP contribution in [0.25, 0.3) is 11.4 Å². The molecule has 26 heavy (non-hydrogen) atoms. The number of ether oxygens (including phenoxy) is 2. The Balaban J connectivity index is 1.46. The standard InChI is InChI=1S/C20H21N3O3/c1-13(2)14-6-8-15(9-7-14)20-22-18(26-23-20)12-21-16-4-3-5-17-19(16)25-11-10-24-17/h3-9,13,21H,10-12H2,1-2H3. The third kappa shape index (κ3) is 3.35. The largest absolute Gasteiger partial charge is 0.486 e. The number of hydrogen-bond donors (Lipinski definition) is 1. The molecule has 0 atom stereocenters. The maximum atomic E-state index is 5.69. The van der Waals surface area contributed by atoms with Gasteiger partial charge in [-0.15, -0.1) is 0 Å². The van der Waals surface area contributed by atoms with Gasteiger partial charge in [-0.05, 0) is 23.6 Å². The second-order valence-electron chi connectivity index (χ2n) is 6.47. The number of hydrogen-bond acceptors (Lipinski definition) is 6. The maximum absolute atomic E-state index is 5.69. The number of benzene rings is 2. The number of anilines is 1. The van der Waals surface area contributed by atoms with Gasteiger partial charge in [-0.1, -0.05) is 49.3 Å². The van der Waals surface area contributed by atoms with Crippen LogP contribution in [0.1, 0.15) is 31.2 Å². The molecule has 2 aromatic carbocycles. The van der Waals surface area contributed by atoms with Gasteiger partial charge < -0.3 is 19.3 Å². The molecule has 6 nitrogen and oxygen atoms in total. The normalized spacial score (nSPS) is 13.0. The van der Waals surface area contributed by atoms with Crippen molar-refractivity contribution in [2.24, 2.45) is 0 Å². The first-order valence-corrected chi connectivity index (χ1v) is 8.76. The Morgan fingerprint density at radius 3 is 2.65 bits per heavy atom. The minimum atomic E-state index is 0.414. The lowest BCUT2D eigenvalue weighted by atomic mass is 10.0. The van der Waals surface area contributed by atoms with Crippen LogP contribution in [-0.4, -0.2) is 23.4 Å². The monoisotopic (exact) mass is 351 g/mol. The molecule has 134 valence electrons. The molecule has 0 aliphatic carbocycles.